The van der Waals surface area contributed by atoms with Crippen LogP contribution in [0.2, 0.25) is 5.02 Å². The van der Waals surface area contributed by atoms with Gasteiger partial charge < -0.3 is 5.11 Å². The molecule has 3 rings (SSSR count). The molecule has 3 atom stereocenters. The maximum Gasteiger partial charge on any atom is 0.0712 e. The minimum Gasteiger partial charge on any atom is -0.389 e. The molecule has 0 aromatic heterocycles. The Morgan fingerprint density at radius 1 is 1.33 bits per heavy atom. The first kappa shape index (κ1) is 12.2. The smallest absolute Gasteiger partial charge is 0.0712 e. The highest BCUT2D eigenvalue weighted by atomic mass is 35.5. The lowest BCUT2D eigenvalue weighted by atomic mass is 9.74. The average molecular weight is 264 g/mol. The van der Waals surface area contributed by atoms with Crippen LogP contribution in [0.15, 0.2) is 30.3 Å². The zero-order valence-corrected chi connectivity index (χ0v) is 11.3. The summed E-state index contributed by atoms with van der Waals surface area (Å²) in [6.07, 6.45) is 3.10. The van der Waals surface area contributed by atoms with E-state index >= 15 is 0 Å². The molecule has 1 N–H and O–H groups in total. The van der Waals surface area contributed by atoms with Crippen LogP contribution in [0.1, 0.15) is 18.9 Å². The quantitative estimate of drug-likeness (QED) is 0.842. The third-order valence-corrected chi connectivity index (χ3v) is 4.50. The lowest BCUT2D eigenvalue weighted by Crippen LogP contribution is -2.52. The van der Waals surface area contributed by atoms with E-state index in [4.69, 9.17) is 11.6 Å². The molecular weight excluding hydrogens is 246 g/mol. The summed E-state index contributed by atoms with van der Waals surface area (Å²) in [4.78, 5) is 2.40. The van der Waals surface area contributed by atoms with Crippen molar-refractivity contribution in [3.05, 3.63) is 40.9 Å². The molecule has 0 saturated carbocycles. The minimum atomic E-state index is -0.595. The van der Waals surface area contributed by atoms with Crippen molar-refractivity contribution in [2.45, 2.75) is 18.9 Å². The normalized spacial score (nSPS) is 35.2. The van der Waals surface area contributed by atoms with E-state index in [1.807, 2.05) is 19.1 Å². The van der Waals surface area contributed by atoms with Gasteiger partial charge in [-0.1, -0.05) is 29.8 Å². The summed E-state index contributed by atoms with van der Waals surface area (Å²) in [5.41, 5.74) is 1.86. The number of piperidine rings is 1. The minimum absolute atomic E-state index is 0.209. The predicted octanol–water partition coefficient (Wildman–Crippen LogP) is 2.81. The van der Waals surface area contributed by atoms with Crippen molar-refractivity contribution in [3.8, 4) is 0 Å². The van der Waals surface area contributed by atoms with Crippen LogP contribution in [0.25, 0.3) is 5.57 Å². The van der Waals surface area contributed by atoms with E-state index in [1.165, 1.54) is 11.1 Å². The number of halogens is 1. The summed E-state index contributed by atoms with van der Waals surface area (Å²) in [5.74, 6) is 0.209. The van der Waals surface area contributed by atoms with E-state index in [0.29, 0.717) is 0 Å². The van der Waals surface area contributed by atoms with Crippen LogP contribution in [0.3, 0.4) is 0 Å². The van der Waals surface area contributed by atoms with E-state index in [1.54, 1.807) is 0 Å². The summed E-state index contributed by atoms with van der Waals surface area (Å²) in [6.45, 7) is 4.91. The van der Waals surface area contributed by atoms with Crippen molar-refractivity contribution < 1.29 is 5.11 Å². The van der Waals surface area contributed by atoms with Crippen molar-refractivity contribution in [1.29, 1.82) is 0 Å². The van der Waals surface area contributed by atoms with E-state index in [-0.39, 0.29) is 5.92 Å². The lowest BCUT2D eigenvalue weighted by Gasteiger charge is -2.46. The van der Waals surface area contributed by atoms with Crippen molar-refractivity contribution >= 4 is 17.2 Å². The van der Waals surface area contributed by atoms with Crippen molar-refractivity contribution in [2.24, 2.45) is 5.92 Å². The Balaban J connectivity index is 1.98. The van der Waals surface area contributed by atoms with Crippen molar-refractivity contribution in [2.75, 3.05) is 19.6 Å². The first-order valence-corrected chi connectivity index (χ1v) is 6.85. The van der Waals surface area contributed by atoms with E-state index in [9.17, 15) is 5.11 Å². The Hall–Kier alpha value is -0.830. The van der Waals surface area contributed by atoms with Crippen LogP contribution in [-0.2, 0) is 0 Å². The van der Waals surface area contributed by atoms with Crippen molar-refractivity contribution in [3.63, 3.8) is 0 Å². The summed E-state index contributed by atoms with van der Waals surface area (Å²) >= 11 is 5.93. The monoisotopic (exact) mass is 263 g/mol. The van der Waals surface area contributed by atoms with Gasteiger partial charge in [0, 0.05) is 30.6 Å². The summed E-state index contributed by atoms with van der Waals surface area (Å²) in [5, 5.41) is 11.3. The third-order valence-electron chi connectivity index (χ3n) is 4.25. The predicted molar refractivity (Wildman–Crippen MR) is 74.6 cm³/mol. The lowest BCUT2D eigenvalue weighted by molar-refractivity contribution is -0.0366. The van der Waals surface area contributed by atoms with Gasteiger partial charge in [-0.2, -0.15) is 0 Å². The number of benzene rings is 1. The molecule has 2 aliphatic rings. The maximum absolute atomic E-state index is 10.6. The Morgan fingerprint density at radius 2 is 2.06 bits per heavy atom. The van der Waals surface area contributed by atoms with Crippen LogP contribution in [0.4, 0.5) is 0 Å². The first-order valence-electron chi connectivity index (χ1n) is 6.47. The highest BCUT2D eigenvalue weighted by molar-refractivity contribution is 6.30. The second-order valence-corrected chi connectivity index (χ2v) is 6.02. The SMILES string of the molecule is C[C@@]1(O)CCN2CC=C(c3ccc(Cl)cc3)[C@H]1C2. The summed E-state index contributed by atoms with van der Waals surface area (Å²) < 4.78 is 0. The zero-order valence-electron chi connectivity index (χ0n) is 10.6. The second-order valence-electron chi connectivity index (χ2n) is 5.59. The topological polar surface area (TPSA) is 23.5 Å². The van der Waals surface area contributed by atoms with E-state index < -0.39 is 5.60 Å². The molecule has 1 unspecified atom stereocenters. The van der Waals surface area contributed by atoms with Crippen LogP contribution in [-0.4, -0.2) is 35.2 Å². The summed E-state index contributed by atoms with van der Waals surface area (Å²) in [7, 11) is 0. The van der Waals surface area contributed by atoms with Gasteiger partial charge in [0.2, 0.25) is 0 Å². The van der Waals surface area contributed by atoms with E-state index in [2.05, 4.69) is 23.1 Å². The molecule has 2 aliphatic heterocycles. The Labute approximate surface area is 113 Å². The molecule has 0 radical (unpaired) electrons. The molecule has 2 nitrogen and oxygen atoms in total. The fourth-order valence-electron chi connectivity index (χ4n) is 3.04. The molecule has 2 bridgehead atoms. The van der Waals surface area contributed by atoms with Gasteiger partial charge in [-0.3, -0.25) is 4.90 Å². The molecule has 96 valence electrons. The molecule has 0 spiro atoms. The van der Waals surface area contributed by atoms with E-state index in [0.717, 1.165) is 31.1 Å². The fourth-order valence-corrected chi connectivity index (χ4v) is 3.16. The van der Waals surface area contributed by atoms with Gasteiger partial charge in [0.05, 0.1) is 5.60 Å². The van der Waals surface area contributed by atoms with Gasteiger partial charge in [0.25, 0.3) is 0 Å². The van der Waals surface area contributed by atoms with Gasteiger partial charge in [0.1, 0.15) is 0 Å². The fraction of sp³-hybridized carbons (Fsp3) is 0.467. The maximum atomic E-state index is 10.6. The Bertz CT molecular complexity index is 478. The average Bonchev–Trinajstić information content (AvgIpc) is 2.36. The van der Waals surface area contributed by atoms with Crippen molar-refractivity contribution in [1.82, 2.24) is 4.90 Å². The zero-order chi connectivity index (χ0) is 12.8. The van der Waals surface area contributed by atoms with Gasteiger partial charge in [-0.05, 0) is 36.6 Å². The number of hydrogen-bond donors (Lipinski definition) is 1. The molecule has 2 heterocycles. The number of fused-ring (bicyclic) bond motifs is 2. The largest absolute Gasteiger partial charge is 0.389 e. The number of aliphatic hydroxyl groups is 1. The second kappa shape index (κ2) is 4.37. The number of hydrogen-bond acceptors (Lipinski definition) is 2. The number of nitrogens with zero attached hydrogens (tertiary/aromatic N) is 1. The first-order chi connectivity index (χ1) is 8.56. The molecule has 0 amide bonds. The molecule has 1 aromatic rings. The molecule has 18 heavy (non-hydrogen) atoms. The molecular formula is C15H18ClNO. The standard InChI is InChI=1S/C15H18ClNO/c1-15(18)7-9-17-8-6-13(14(15)10-17)11-2-4-12(16)5-3-11/h2-6,14,18H,7-10H2,1H3/t14-,15-/m1/s1. The highest BCUT2D eigenvalue weighted by Crippen LogP contribution is 2.40. The number of rotatable bonds is 1. The molecule has 1 saturated heterocycles. The molecule has 1 fully saturated rings. The van der Waals surface area contributed by atoms with Crippen LogP contribution in [0, 0.1) is 5.92 Å². The van der Waals surface area contributed by atoms with Crippen LogP contribution >= 0.6 is 11.6 Å². The van der Waals surface area contributed by atoms with Gasteiger partial charge in [-0.15, -0.1) is 0 Å². The molecule has 0 aliphatic carbocycles. The van der Waals surface area contributed by atoms with Crippen LogP contribution in [0.5, 0.6) is 0 Å². The molecule has 3 heteroatoms. The Kier molecular flexibility index (Phi) is 2.97. The van der Waals surface area contributed by atoms with Gasteiger partial charge in [0.15, 0.2) is 0 Å². The third kappa shape index (κ3) is 2.09. The van der Waals surface area contributed by atoms with Gasteiger partial charge >= 0.3 is 0 Å². The highest BCUT2D eigenvalue weighted by Gasteiger charge is 2.41. The molecule has 1 aromatic carbocycles. The Morgan fingerprint density at radius 3 is 2.78 bits per heavy atom. The summed E-state index contributed by atoms with van der Waals surface area (Å²) in [6, 6.07) is 7.94. The van der Waals surface area contributed by atoms with Crippen LogP contribution < -0.4 is 0 Å². The van der Waals surface area contributed by atoms with Gasteiger partial charge in [-0.25, -0.2) is 0 Å².